The molecule has 0 amide bonds. The molecule has 152 valence electrons. The van der Waals surface area contributed by atoms with E-state index in [0.717, 1.165) is 17.4 Å². The maximum Gasteiger partial charge on any atom is 0.199 e. The highest BCUT2D eigenvalue weighted by atomic mass is 19.1. The van der Waals surface area contributed by atoms with Crippen LogP contribution in [0.1, 0.15) is 81.3 Å². The first-order chi connectivity index (χ1) is 14.2. The first-order valence-electron chi connectivity index (χ1n) is 11.1. The number of nitriles is 2. The summed E-state index contributed by atoms with van der Waals surface area (Å²) in [6.07, 6.45) is 17.9. The smallest absolute Gasteiger partial charge is 0.195 e. The third kappa shape index (κ3) is 6.57. The van der Waals surface area contributed by atoms with Crippen molar-refractivity contribution in [3.63, 3.8) is 0 Å². The molecule has 0 aliphatic heterocycles. The predicted octanol–water partition coefficient (Wildman–Crippen LogP) is 7.35. The Morgan fingerprint density at radius 1 is 0.897 bits per heavy atom. The van der Waals surface area contributed by atoms with Gasteiger partial charge < -0.3 is 0 Å². The molecule has 3 rings (SSSR count). The van der Waals surface area contributed by atoms with E-state index in [4.69, 9.17) is 10.5 Å². The van der Waals surface area contributed by atoms with E-state index in [-0.39, 0.29) is 0 Å². The van der Waals surface area contributed by atoms with Gasteiger partial charge >= 0.3 is 0 Å². The number of allylic oxidation sites excluding steroid dienone is 4. The molecule has 2 fully saturated rings. The molecule has 0 radical (unpaired) electrons. The molecule has 2 saturated carbocycles. The maximum atomic E-state index is 12.8. The van der Waals surface area contributed by atoms with Gasteiger partial charge in [-0.05, 0) is 98.8 Å². The zero-order valence-electron chi connectivity index (χ0n) is 17.2. The highest BCUT2D eigenvalue weighted by Crippen LogP contribution is 2.39. The summed E-state index contributed by atoms with van der Waals surface area (Å²) in [5, 5.41) is 17.4. The average molecular weight is 391 g/mol. The number of rotatable bonds is 6. The molecule has 0 atom stereocenters. The molecule has 1 aromatic carbocycles. The molecule has 2 nitrogen and oxygen atoms in total. The Bertz CT molecular complexity index is 777. The van der Waals surface area contributed by atoms with Crippen LogP contribution >= 0.6 is 0 Å². The van der Waals surface area contributed by atoms with Crippen LogP contribution in [0.15, 0.2) is 48.3 Å². The summed E-state index contributed by atoms with van der Waals surface area (Å²) in [5.74, 6) is 2.21. The lowest BCUT2D eigenvalue weighted by Gasteiger charge is -2.31. The Hall–Kier alpha value is -2.39. The van der Waals surface area contributed by atoms with Crippen molar-refractivity contribution in [1.82, 2.24) is 0 Å². The summed E-state index contributed by atoms with van der Waals surface area (Å²) >= 11 is 0. The van der Waals surface area contributed by atoms with E-state index in [1.165, 1.54) is 81.9 Å². The molecule has 29 heavy (non-hydrogen) atoms. The minimum Gasteiger partial charge on any atom is -0.195 e. The van der Waals surface area contributed by atoms with Crippen LogP contribution in [0.5, 0.6) is 0 Å². The number of benzene rings is 1. The van der Waals surface area contributed by atoms with Gasteiger partial charge in [0.2, 0.25) is 0 Å². The lowest BCUT2D eigenvalue weighted by atomic mass is 9.74. The zero-order chi connectivity index (χ0) is 20.5. The molecule has 0 bridgehead atoms. The van der Waals surface area contributed by atoms with E-state index >= 15 is 0 Å². The molecule has 0 heterocycles. The van der Waals surface area contributed by atoms with E-state index in [2.05, 4.69) is 24.3 Å². The summed E-state index contributed by atoms with van der Waals surface area (Å²) < 4.78 is 12.8. The molecular formula is C26H31FN2. The second-order valence-electron chi connectivity index (χ2n) is 8.82. The second-order valence-corrected chi connectivity index (χ2v) is 8.82. The van der Waals surface area contributed by atoms with Crippen molar-refractivity contribution in [2.75, 3.05) is 0 Å². The minimum absolute atomic E-state index is 0.539. The van der Waals surface area contributed by atoms with Crippen molar-refractivity contribution < 1.29 is 4.39 Å². The predicted molar refractivity (Wildman–Crippen MR) is 114 cm³/mol. The van der Waals surface area contributed by atoms with Crippen LogP contribution in [0.4, 0.5) is 4.39 Å². The Balaban J connectivity index is 1.34. The van der Waals surface area contributed by atoms with Crippen molar-refractivity contribution in [2.24, 2.45) is 17.8 Å². The fourth-order valence-electron chi connectivity index (χ4n) is 5.09. The quantitative estimate of drug-likeness (QED) is 0.376. The summed E-state index contributed by atoms with van der Waals surface area (Å²) in [4.78, 5) is 0. The van der Waals surface area contributed by atoms with Crippen LogP contribution in [-0.2, 0) is 0 Å². The van der Waals surface area contributed by atoms with E-state index in [1.54, 1.807) is 6.08 Å². The highest BCUT2D eigenvalue weighted by Gasteiger charge is 2.24. The molecule has 0 aromatic heterocycles. The van der Waals surface area contributed by atoms with Gasteiger partial charge in [-0.3, -0.25) is 0 Å². The summed E-state index contributed by atoms with van der Waals surface area (Å²) in [7, 11) is 0. The van der Waals surface area contributed by atoms with Crippen molar-refractivity contribution in [3.8, 4) is 12.1 Å². The third-order valence-corrected chi connectivity index (χ3v) is 6.97. The van der Waals surface area contributed by atoms with Crippen molar-refractivity contribution in [3.05, 3.63) is 59.4 Å². The van der Waals surface area contributed by atoms with Crippen molar-refractivity contribution in [1.29, 1.82) is 10.5 Å². The van der Waals surface area contributed by atoms with Crippen LogP contribution in [0.3, 0.4) is 0 Å². The van der Waals surface area contributed by atoms with Gasteiger partial charge in [-0.1, -0.05) is 37.1 Å². The topological polar surface area (TPSA) is 47.6 Å². The molecule has 2 aliphatic rings. The fourth-order valence-corrected chi connectivity index (χ4v) is 5.09. The normalized spacial score (nSPS) is 28.0. The fraction of sp³-hybridized carbons (Fsp3) is 0.538. The number of hydrogen-bond acceptors (Lipinski definition) is 2. The third-order valence-electron chi connectivity index (χ3n) is 6.97. The molecule has 1 aromatic rings. The lowest BCUT2D eigenvalue weighted by Crippen LogP contribution is -2.17. The summed E-state index contributed by atoms with van der Waals surface area (Å²) in [6, 6.07) is 11.9. The first kappa shape index (κ1) is 21.3. The number of nitrogens with zero attached hydrogens (tertiary/aromatic N) is 2. The molecule has 0 saturated heterocycles. The lowest BCUT2D eigenvalue weighted by molar-refractivity contribution is 0.246. The number of halogens is 1. The van der Waals surface area contributed by atoms with Crippen LogP contribution in [0.25, 0.3) is 0 Å². The van der Waals surface area contributed by atoms with E-state index < -0.39 is 5.83 Å². The van der Waals surface area contributed by atoms with Crippen LogP contribution < -0.4 is 0 Å². The van der Waals surface area contributed by atoms with Gasteiger partial charge in [0.15, 0.2) is 5.83 Å². The van der Waals surface area contributed by atoms with Crippen LogP contribution in [0.2, 0.25) is 0 Å². The van der Waals surface area contributed by atoms with Gasteiger partial charge in [-0.2, -0.15) is 14.9 Å². The highest BCUT2D eigenvalue weighted by molar-refractivity contribution is 5.33. The Morgan fingerprint density at radius 2 is 1.48 bits per heavy atom. The van der Waals surface area contributed by atoms with Crippen molar-refractivity contribution in [2.45, 2.75) is 70.1 Å². The molecule has 3 heteroatoms. The van der Waals surface area contributed by atoms with Gasteiger partial charge in [0.25, 0.3) is 0 Å². The van der Waals surface area contributed by atoms with Crippen LogP contribution in [-0.4, -0.2) is 0 Å². The van der Waals surface area contributed by atoms with E-state index in [9.17, 15) is 4.39 Å². The SMILES string of the molecule is N#CC(F)=CC=C[C@H]1CC[C@H](CC[C@H]2CC[C@H](c3ccc(C#N)cc3)CC2)CC1. The average Bonchev–Trinajstić information content (AvgIpc) is 2.79. The maximum absolute atomic E-state index is 12.8. The monoisotopic (exact) mass is 390 g/mol. The molecule has 0 spiro atoms. The van der Waals surface area contributed by atoms with Gasteiger partial charge in [0, 0.05) is 0 Å². The van der Waals surface area contributed by atoms with Crippen molar-refractivity contribution >= 4 is 0 Å². The zero-order valence-corrected chi connectivity index (χ0v) is 17.2. The Morgan fingerprint density at radius 3 is 2.03 bits per heavy atom. The molecule has 0 unspecified atom stereocenters. The van der Waals surface area contributed by atoms with Gasteiger partial charge in [0.05, 0.1) is 11.6 Å². The second kappa shape index (κ2) is 11.0. The molecule has 2 aliphatic carbocycles. The number of hydrogen-bond donors (Lipinski definition) is 0. The van der Waals surface area contributed by atoms with Gasteiger partial charge in [0.1, 0.15) is 6.07 Å². The first-order valence-corrected chi connectivity index (χ1v) is 11.1. The van der Waals surface area contributed by atoms with E-state index in [0.29, 0.717) is 11.8 Å². The minimum atomic E-state index is -0.719. The van der Waals surface area contributed by atoms with E-state index in [1.807, 2.05) is 12.1 Å². The standard InChI is InChI=1S/C26H31FN2/c27-26(19-29)3-1-2-20-4-6-21(7-5-20)8-9-22-10-14-24(15-11-22)25-16-12-23(18-28)13-17-25/h1-3,12-13,16-17,20-22,24H,4-11,14-15H2/t20-,21-,22-,24-. The largest absolute Gasteiger partial charge is 0.199 e. The van der Waals surface area contributed by atoms with Crippen LogP contribution in [0, 0.1) is 40.4 Å². The Labute approximate surface area is 174 Å². The summed E-state index contributed by atoms with van der Waals surface area (Å²) in [6.45, 7) is 0. The van der Waals surface area contributed by atoms with Gasteiger partial charge in [-0.15, -0.1) is 0 Å². The molecule has 0 N–H and O–H groups in total. The summed E-state index contributed by atoms with van der Waals surface area (Å²) in [5.41, 5.74) is 2.15. The van der Waals surface area contributed by atoms with Gasteiger partial charge in [-0.25, -0.2) is 0 Å². The molecular weight excluding hydrogens is 359 g/mol. The Kier molecular flexibility index (Phi) is 8.06.